The van der Waals surface area contributed by atoms with E-state index in [1.807, 2.05) is 0 Å². The fraction of sp³-hybridized carbons (Fsp3) is 0. The summed E-state index contributed by atoms with van der Waals surface area (Å²) in [5, 5.41) is 18.9. The smallest absolute Gasteiger partial charge is 0.872 e. The molecule has 0 saturated carbocycles. The molecule has 0 amide bonds. The Balaban J connectivity index is 0.000000640. The molecule has 0 spiro atoms. The van der Waals surface area contributed by atoms with E-state index in [9.17, 15) is 5.11 Å². The van der Waals surface area contributed by atoms with Gasteiger partial charge in [-0.3, -0.25) is 0 Å². The van der Waals surface area contributed by atoms with Crippen molar-refractivity contribution in [1.29, 1.82) is 0 Å². The summed E-state index contributed by atoms with van der Waals surface area (Å²) in [6, 6.07) is 5.36. The summed E-state index contributed by atoms with van der Waals surface area (Å²) < 4.78 is 0. The van der Waals surface area contributed by atoms with Gasteiger partial charge >= 0.3 is 29.6 Å². The Morgan fingerprint density at radius 3 is 1.89 bits per heavy atom. The summed E-state index contributed by atoms with van der Waals surface area (Å²) in [5.74, 6) is 0.0485. The second kappa shape index (κ2) is 3.77. The van der Waals surface area contributed by atoms with E-state index < -0.39 is 0 Å². The van der Waals surface area contributed by atoms with Gasteiger partial charge in [0.1, 0.15) is 5.75 Å². The molecule has 0 unspecified atom stereocenters. The first-order chi connectivity index (χ1) is 3.79. The van der Waals surface area contributed by atoms with Crippen molar-refractivity contribution in [2.75, 3.05) is 0 Å². The monoisotopic (exact) mass is 132 g/mol. The zero-order valence-electron chi connectivity index (χ0n) is 5.16. The van der Waals surface area contributed by atoms with Crippen molar-refractivity contribution in [3.63, 3.8) is 0 Å². The summed E-state index contributed by atoms with van der Waals surface area (Å²) in [7, 11) is 0. The molecule has 0 atom stereocenters. The van der Waals surface area contributed by atoms with E-state index in [0.717, 1.165) is 0 Å². The van der Waals surface area contributed by atoms with Gasteiger partial charge in [-0.1, -0.05) is 12.1 Å². The molecule has 1 rings (SSSR count). The van der Waals surface area contributed by atoms with Gasteiger partial charge in [0, 0.05) is 0 Å². The van der Waals surface area contributed by atoms with Crippen LogP contribution in [-0.2, 0) is 0 Å². The van der Waals surface area contributed by atoms with Crippen LogP contribution in [0, 0.1) is 0 Å². The van der Waals surface area contributed by atoms with E-state index in [1.165, 1.54) is 24.3 Å². The Labute approximate surface area is 75.4 Å². The molecule has 0 saturated heterocycles. The molecular weight excluding hydrogens is 127 g/mol. The summed E-state index contributed by atoms with van der Waals surface area (Å²) in [6.07, 6.45) is 0. The largest absolute Gasteiger partial charge is 1.00 e. The van der Waals surface area contributed by atoms with Gasteiger partial charge in [-0.05, 0) is 12.1 Å². The van der Waals surface area contributed by atoms with Gasteiger partial charge in [-0.2, -0.15) is 0 Å². The quantitative estimate of drug-likeness (QED) is 0.395. The van der Waals surface area contributed by atoms with Gasteiger partial charge in [0.2, 0.25) is 0 Å². The van der Waals surface area contributed by atoms with Crippen LogP contribution in [0.25, 0.3) is 0 Å². The summed E-state index contributed by atoms with van der Waals surface area (Å²) in [5.41, 5.74) is 0. The number of benzene rings is 1. The number of phenolic OH excluding ortho intramolecular Hbond substituents is 1. The van der Waals surface area contributed by atoms with Gasteiger partial charge in [-0.25, -0.2) is 0 Å². The van der Waals surface area contributed by atoms with Gasteiger partial charge in [0.25, 0.3) is 0 Å². The normalized spacial score (nSPS) is 8.00. The average Bonchev–Trinajstić information content (AvgIpc) is 1.77. The third-order valence-electron chi connectivity index (χ3n) is 0.837. The molecule has 0 aromatic heterocycles. The predicted molar refractivity (Wildman–Crippen MR) is 27.6 cm³/mol. The molecule has 9 heavy (non-hydrogen) atoms. The molecule has 0 aliphatic carbocycles. The molecule has 1 aromatic rings. The van der Waals surface area contributed by atoms with Crippen LogP contribution in [0.15, 0.2) is 24.3 Å². The van der Waals surface area contributed by atoms with Crippen molar-refractivity contribution in [2.45, 2.75) is 0 Å². The zero-order valence-corrected chi connectivity index (χ0v) is 7.16. The van der Waals surface area contributed by atoms with E-state index in [4.69, 9.17) is 5.11 Å². The van der Waals surface area contributed by atoms with Crippen LogP contribution in [0.1, 0.15) is 0 Å². The topological polar surface area (TPSA) is 43.3 Å². The number of rotatable bonds is 0. The summed E-state index contributed by atoms with van der Waals surface area (Å²) >= 11 is 0. The summed E-state index contributed by atoms with van der Waals surface area (Å²) in [6.45, 7) is 0. The van der Waals surface area contributed by atoms with Crippen LogP contribution in [0.4, 0.5) is 0 Å². The Morgan fingerprint density at radius 2 is 1.56 bits per heavy atom. The van der Waals surface area contributed by atoms with Crippen molar-refractivity contribution >= 4 is 0 Å². The van der Waals surface area contributed by atoms with Crippen LogP contribution in [0.5, 0.6) is 11.5 Å². The van der Waals surface area contributed by atoms with Crippen molar-refractivity contribution in [3.8, 4) is 11.5 Å². The van der Waals surface area contributed by atoms with E-state index in [1.54, 1.807) is 0 Å². The second-order valence-electron chi connectivity index (χ2n) is 1.49. The average molecular weight is 132 g/mol. The minimum absolute atomic E-state index is 0. The van der Waals surface area contributed by atoms with Gasteiger partial charge in [0.15, 0.2) is 0 Å². The number of hydrogen-bond donors (Lipinski definition) is 1. The number of hydrogen-bond acceptors (Lipinski definition) is 2. The molecule has 1 N–H and O–H groups in total. The maximum Gasteiger partial charge on any atom is 1.00 e. The first-order valence-electron chi connectivity index (χ1n) is 2.25. The fourth-order valence-electron chi connectivity index (χ4n) is 0.446. The molecule has 0 aliphatic rings. The van der Waals surface area contributed by atoms with Crippen molar-refractivity contribution in [3.05, 3.63) is 24.3 Å². The molecular formula is C6H5NaO2. The van der Waals surface area contributed by atoms with Crippen molar-refractivity contribution in [2.24, 2.45) is 0 Å². The minimum atomic E-state index is -0.0807. The molecule has 0 radical (unpaired) electrons. The molecule has 1 aromatic carbocycles. The predicted octanol–water partition coefficient (Wildman–Crippen LogP) is -2.53. The number of aromatic hydroxyl groups is 1. The van der Waals surface area contributed by atoms with E-state index in [0.29, 0.717) is 0 Å². The van der Waals surface area contributed by atoms with Crippen LogP contribution in [0.3, 0.4) is 0 Å². The van der Waals surface area contributed by atoms with Crippen LogP contribution < -0.4 is 34.7 Å². The maximum absolute atomic E-state index is 10.3. The Hall–Kier alpha value is -0.180. The van der Waals surface area contributed by atoms with Gasteiger partial charge < -0.3 is 10.2 Å². The first kappa shape index (κ1) is 8.82. The maximum atomic E-state index is 10.3. The number of phenols is 1. The molecule has 0 bridgehead atoms. The standard InChI is InChI=1S/C6H6O2.Na/c7-5-1-2-6(8)4-3-5;/h1-4,7-8H;/q;+1/p-1. The van der Waals surface area contributed by atoms with Crippen LogP contribution >= 0.6 is 0 Å². The third kappa shape index (κ3) is 2.75. The van der Waals surface area contributed by atoms with Gasteiger partial charge in [0.05, 0.1) is 0 Å². The van der Waals surface area contributed by atoms with Crippen LogP contribution in [0.2, 0.25) is 0 Å². The molecule has 0 fully saturated rings. The van der Waals surface area contributed by atoms with Crippen LogP contribution in [-0.4, -0.2) is 5.11 Å². The molecule has 3 heteroatoms. The van der Waals surface area contributed by atoms with Gasteiger partial charge in [-0.15, -0.1) is 5.75 Å². The first-order valence-corrected chi connectivity index (χ1v) is 2.25. The summed E-state index contributed by atoms with van der Waals surface area (Å²) in [4.78, 5) is 0. The minimum Gasteiger partial charge on any atom is -0.872 e. The molecule has 2 nitrogen and oxygen atoms in total. The Kier molecular flexibility index (Phi) is 3.70. The van der Waals surface area contributed by atoms with Crippen molar-refractivity contribution in [1.82, 2.24) is 0 Å². The third-order valence-corrected chi connectivity index (χ3v) is 0.837. The second-order valence-corrected chi connectivity index (χ2v) is 1.49. The SMILES string of the molecule is [Na+].[O-]c1ccc(O)cc1. The Bertz CT molecular complexity index is 150. The molecule has 0 heterocycles. The molecule has 0 aliphatic heterocycles. The zero-order chi connectivity index (χ0) is 5.98. The van der Waals surface area contributed by atoms with E-state index >= 15 is 0 Å². The molecule has 42 valence electrons. The van der Waals surface area contributed by atoms with Crippen molar-refractivity contribution < 1.29 is 39.8 Å². The van der Waals surface area contributed by atoms with E-state index in [-0.39, 0.29) is 41.1 Å². The van der Waals surface area contributed by atoms with E-state index in [2.05, 4.69) is 0 Å². The fourth-order valence-corrected chi connectivity index (χ4v) is 0.446. The Morgan fingerprint density at radius 1 is 1.11 bits per heavy atom.